The van der Waals surface area contributed by atoms with Crippen molar-refractivity contribution in [2.24, 2.45) is 5.92 Å². The molecule has 1 atom stereocenters. The first kappa shape index (κ1) is 17.0. The van der Waals surface area contributed by atoms with Gasteiger partial charge in [0.25, 0.3) is 0 Å². The minimum absolute atomic E-state index is 0.0358. The van der Waals surface area contributed by atoms with E-state index in [0.717, 1.165) is 37.5 Å². The van der Waals surface area contributed by atoms with Gasteiger partial charge in [-0.2, -0.15) is 5.26 Å². The van der Waals surface area contributed by atoms with Crippen molar-refractivity contribution < 1.29 is 9.21 Å². The van der Waals surface area contributed by atoms with Crippen molar-refractivity contribution in [3.05, 3.63) is 48.0 Å². The summed E-state index contributed by atoms with van der Waals surface area (Å²) in [6.07, 6.45) is 5.55. The predicted molar refractivity (Wildman–Crippen MR) is 93.9 cm³/mol. The van der Waals surface area contributed by atoms with Gasteiger partial charge >= 0.3 is 0 Å². The van der Waals surface area contributed by atoms with Crippen LogP contribution < -0.4 is 10.2 Å². The molecule has 0 aliphatic carbocycles. The van der Waals surface area contributed by atoms with E-state index in [-0.39, 0.29) is 17.9 Å². The maximum atomic E-state index is 12.5. The molecule has 1 amide bonds. The summed E-state index contributed by atoms with van der Waals surface area (Å²) < 4.78 is 5.33. The van der Waals surface area contributed by atoms with Crippen LogP contribution in [-0.4, -0.2) is 30.0 Å². The summed E-state index contributed by atoms with van der Waals surface area (Å²) in [5, 5.41) is 11.9. The molecule has 130 valence electrons. The molecule has 1 saturated heterocycles. The Balaban J connectivity index is 1.47. The molecule has 2 aromatic rings. The van der Waals surface area contributed by atoms with Crippen LogP contribution >= 0.6 is 0 Å². The van der Waals surface area contributed by atoms with Gasteiger partial charge in [-0.15, -0.1) is 0 Å². The van der Waals surface area contributed by atoms with E-state index >= 15 is 0 Å². The first-order valence-corrected chi connectivity index (χ1v) is 8.59. The van der Waals surface area contributed by atoms with Crippen LogP contribution in [-0.2, 0) is 11.2 Å². The molecule has 2 aromatic heterocycles. The summed E-state index contributed by atoms with van der Waals surface area (Å²) in [7, 11) is 0. The highest BCUT2D eigenvalue weighted by molar-refractivity contribution is 5.79. The third kappa shape index (κ3) is 4.38. The van der Waals surface area contributed by atoms with Gasteiger partial charge in [-0.25, -0.2) is 4.98 Å². The lowest BCUT2D eigenvalue weighted by Gasteiger charge is -2.32. The fourth-order valence-electron chi connectivity index (χ4n) is 3.15. The standard InChI is InChI=1S/C19H22N4O2/c1-14(11-17-3-2-10-25-17)22-19(24)16-6-8-23(9-7-16)18-5-4-15(12-20)13-21-18/h2-5,10,13-14,16H,6-9,11H2,1H3,(H,22,24)/t14-/m0/s1. The summed E-state index contributed by atoms with van der Waals surface area (Å²) >= 11 is 0. The number of hydrogen-bond acceptors (Lipinski definition) is 5. The van der Waals surface area contributed by atoms with Crippen LogP contribution in [0, 0.1) is 17.2 Å². The van der Waals surface area contributed by atoms with Gasteiger partial charge in [0.2, 0.25) is 5.91 Å². The lowest BCUT2D eigenvalue weighted by atomic mass is 9.95. The van der Waals surface area contributed by atoms with E-state index in [1.54, 1.807) is 18.5 Å². The Morgan fingerprint density at radius 2 is 2.24 bits per heavy atom. The largest absolute Gasteiger partial charge is 0.469 e. The Morgan fingerprint density at radius 1 is 1.44 bits per heavy atom. The molecule has 1 aliphatic rings. The Kier molecular flexibility index (Phi) is 5.34. The Hall–Kier alpha value is -2.81. The van der Waals surface area contributed by atoms with Crippen LogP contribution in [0.15, 0.2) is 41.1 Å². The van der Waals surface area contributed by atoms with Crippen LogP contribution in [0.25, 0.3) is 0 Å². The van der Waals surface area contributed by atoms with Crippen LogP contribution in [0.1, 0.15) is 31.1 Å². The highest BCUT2D eigenvalue weighted by Gasteiger charge is 2.26. The number of carbonyl (C=O) groups is 1. The fraction of sp³-hybridized carbons (Fsp3) is 0.421. The van der Waals surface area contributed by atoms with Gasteiger partial charge in [0.1, 0.15) is 17.6 Å². The zero-order valence-corrected chi connectivity index (χ0v) is 14.3. The fourth-order valence-corrected chi connectivity index (χ4v) is 3.15. The van der Waals surface area contributed by atoms with Crippen molar-refractivity contribution in [3.63, 3.8) is 0 Å². The number of piperidine rings is 1. The minimum atomic E-state index is 0.0358. The van der Waals surface area contributed by atoms with E-state index in [9.17, 15) is 4.79 Å². The van der Waals surface area contributed by atoms with Crippen LogP contribution in [0.4, 0.5) is 5.82 Å². The zero-order valence-electron chi connectivity index (χ0n) is 14.3. The maximum Gasteiger partial charge on any atom is 0.223 e. The smallest absolute Gasteiger partial charge is 0.223 e. The zero-order chi connectivity index (χ0) is 17.6. The molecule has 0 unspecified atom stereocenters. The maximum absolute atomic E-state index is 12.5. The second-order valence-corrected chi connectivity index (χ2v) is 6.47. The number of hydrogen-bond donors (Lipinski definition) is 1. The van der Waals surface area contributed by atoms with Crippen molar-refractivity contribution in [1.82, 2.24) is 10.3 Å². The number of nitrogens with zero attached hydrogens (tertiary/aromatic N) is 3. The van der Waals surface area contributed by atoms with E-state index in [1.807, 2.05) is 25.1 Å². The van der Waals surface area contributed by atoms with E-state index in [1.165, 1.54) is 0 Å². The molecule has 25 heavy (non-hydrogen) atoms. The van der Waals surface area contributed by atoms with E-state index in [0.29, 0.717) is 12.0 Å². The van der Waals surface area contributed by atoms with Gasteiger partial charge in [0.05, 0.1) is 11.8 Å². The number of anilines is 1. The molecule has 1 fully saturated rings. The third-order valence-corrected chi connectivity index (χ3v) is 4.54. The van der Waals surface area contributed by atoms with Gasteiger partial charge in [-0.1, -0.05) is 0 Å². The average Bonchev–Trinajstić information content (AvgIpc) is 3.14. The Bertz CT molecular complexity index is 726. The second kappa shape index (κ2) is 7.84. The molecule has 0 saturated carbocycles. The molecule has 3 heterocycles. The van der Waals surface area contributed by atoms with Crippen LogP contribution in [0.5, 0.6) is 0 Å². The molecule has 1 N–H and O–H groups in total. The average molecular weight is 338 g/mol. The summed E-state index contributed by atoms with van der Waals surface area (Å²) in [5.74, 6) is 1.90. The third-order valence-electron chi connectivity index (χ3n) is 4.54. The highest BCUT2D eigenvalue weighted by Crippen LogP contribution is 2.22. The number of nitriles is 1. The molecule has 0 bridgehead atoms. The molecule has 6 nitrogen and oxygen atoms in total. The molecular formula is C19H22N4O2. The normalized spacial score (nSPS) is 16.2. The molecule has 6 heteroatoms. The number of pyridine rings is 1. The predicted octanol–water partition coefficient (Wildman–Crippen LogP) is 2.51. The first-order chi connectivity index (χ1) is 12.2. The number of amides is 1. The molecule has 3 rings (SSSR count). The lowest BCUT2D eigenvalue weighted by molar-refractivity contribution is -0.126. The van der Waals surface area contributed by atoms with E-state index in [4.69, 9.17) is 9.68 Å². The first-order valence-electron chi connectivity index (χ1n) is 8.59. The molecule has 1 aliphatic heterocycles. The minimum Gasteiger partial charge on any atom is -0.469 e. The molecular weight excluding hydrogens is 316 g/mol. The SMILES string of the molecule is C[C@@H](Cc1ccco1)NC(=O)C1CCN(c2ccc(C#N)cn2)CC1. The Labute approximate surface area is 147 Å². The number of nitrogens with one attached hydrogen (secondary N) is 1. The van der Waals surface area contributed by atoms with E-state index < -0.39 is 0 Å². The Morgan fingerprint density at radius 3 is 2.84 bits per heavy atom. The van der Waals surface area contributed by atoms with E-state index in [2.05, 4.69) is 21.3 Å². The summed E-state index contributed by atoms with van der Waals surface area (Å²) in [6, 6.07) is 9.55. The summed E-state index contributed by atoms with van der Waals surface area (Å²) in [6.45, 7) is 3.59. The number of aromatic nitrogens is 1. The monoisotopic (exact) mass is 338 g/mol. The van der Waals surface area contributed by atoms with Crippen molar-refractivity contribution in [1.29, 1.82) is 5.26 Å². The number of rotatable bonds is 5. The number of furan rings is 1. The van der Waals surface area contributed by atoms with Gasteiger partial charge in [0, 0.05) is 37.7 Å². The lowest BCUT2D eigenvalue weighted by Crippen LogP contribution is -2.43. The highest BCUT2D eigenvalue weighted by atomic mass is 16.3. The molecule has 0 spiro atoms. The van der Waals surface area contributed by atoms with Crippen molar-refractivity contribution in [2.75, 3.05) is 18.0 Å². The molecule has 0 radical (unpaired) electrons. The van der Waals surface area contributed by atoms with Gasteiger partial charge < -0.3 is 14.6 Å². The van der Waals surface area contributed by atoms with Crippen LogP contribution in [0.2, 0.25) is 0 Å². The van der Waals surface area contributed by atoms with Crippen molar-refractivity contribution in [3.8, 4) is 6.07 Å². The second-order valence-electron chi connectivity index (χ2n) is 6.47. The van der Waals surface area contributed by atoms with Crippen LogP contribution in [0.3, 0.4) is 0 Å². The van der Waals surface area contributed by atoms with Crippen molar-refractivity contribution in [2.45, 2.75) is 32.2 Å². The summed E-state index contributed by atoms with van der Waals surface area (Å²) in [4.78, 5) is 18.9. The summed E-state index contributed by atoms with van der Waals surface area (Å²) in [5.41, 5.74) is 0.559. The topological polar surface area (TPSA) is 82.2 Å². The van der Waals surface area contributed by atoms with Gasteiger partial charge in [-0.3, -0.25) is 4.79 Å². The van der Waals surface area contributed by atoms with Gasteiger partial charge in [0.15, 0.2) is 0 Å². The number of carbonyl (C=O) groups excluding carboxylic acids is 1. The van der Waals surface area contributed by atoms with Gasteiger partial charge in [-0.05, 0) is 44.0 Å². The quantitative estimate of drug-likeness (QED) is 0.906. The van der Waals surface area contributed by atoms with Crippen molar-refractivity contribution >= 4 is 11.7 Å². The molecule has 0 aromatic carbocycles.